The van der Waals surface area contributed by atoms with Crippen LogP contribution in [0.2, 0.25) is 0 Å². The Kier molecular flexibility index (Phi) is 7.47. The Morgan fingerprint density at radius 1 is 0.848 bits per heavy atom. The van der Waals surface area contributed by atoms with Gasteiger partial charge in [-0.3, -0.25) is 9.69 Å². The lowest BCUT2D eigenvalue weighted by atomic mass is 10.1. The van der Waals surface area contributed by atoms with Gasteiger partial charge in [0.15, 0.2) is 0 Å². The number of ether oxygens (including phenoxy) is 2. The SMILES string of the molecule is COc1cccc(CN(Cc2cccc(OC)c2)c2cccc(CN3CCNC(=O)C3)c2)c1. The molecule has 0 aromatic heterocycles. The van der Waals surface area contributed by atoms with Crippen LogP contribution in [-0.4, -0.2) is 44.7 Å². The van der Waals surface area contributed by atoms with Crippen molar-refractivity contribution in [2.45, 2.75) is 19.6 Å². The highest BCUT2D eigenvalue weighted by atomic mass is 16.5. The van der Waals surface area contributed by atoms with Gasteiger partial charge in [0.05, 0.1) is 20.8 Å². The fraction of sp³-hybridized carbons (Fsp3) is 0.296. The van der Waals surface area contributed by atoms with Gasteiger partial charge in [-0.2, -0.15) is 0 Å². The zero-order valence-electron chi connectivity index (χ0n) is 19.3. The summed E-state index contributed by atoms with van der Waals surface area (Å²) in [6.45, 7) is 4.26. The lowest BCUT2D eigenvalue weighted by molar-refractivity contribution is -0.124. The minimum atomic E-state index is 0.0927. The molecule has 0 unspecified atom stereocenters. The van der Waals surface area contributed by atoms with E-state index in [0.29, 0.717) is 13.1 Å². The van der Waals surface area contributed by atoms with Crippen LogP contribution in [0.25, 0.3) is 0 Å². The smallest absolute Gasteiger partial charge is 0.234 e. The molecule has 0 bridgehead atoms. The number of hydrogen-bond donors (Lipinski definition) is 1. The van der Waals surface area contributed by atoms with Crippen LogP contribution in [0.4, 0.5) is 5.69 Å². The number of methoxy groups -OCH3 is 2. The maximum atomic E-state index is 11.8. The number of benzene rings is 3. The maximum absolute atomic E-state index is 11.8. The molecule has 33 heavy (non-hydrogen) atoms. The molecule has 1 saturated heterocycles. The van der Waals surface area contributed by atoms with Gasteiger partial charge >= 0.3 is 0 Å². The second kappa shape index (κ2) is 10.9. The topological polar surface area (TPSA) is 54.0 Å². The summed E-state index contributed by atoms with van der Waals surface area (Å²) in [6, 6.07) is 25.0. The van der Waals surface area contributed by atoms with Crippen molar-refractivity contribution in [2.24, 2.45) is 0 Å². The van der Waals surface area contributed by atoms with Crippen LogP contribution in [-0.2, 0) is 24.4 Å². The number of anilines is 1. The van der Waals surface area contributed by atoms with E-state index >= 15 is 0 Å². The number of carbonyl (C=O) groups is 1. The van der Waals surface area contributed by atoms with Crippen molar-refractivity contribution >= 4 is 11.6 Å². The fourth-order valence-electron chi connectivity index (χ4n) is 4.16. The first-order valence-electron chi connectivity index (χ1n) is 11.2. The minimum Gasteiger partial charge on any atom is -0.497 e. The molecule has 6 heteroatoms. The van der Waals surface area contributed by atoms with Crippen LogP contribution in [0, 0.1) is 0 Å². The van der Waals surface area contributed by atoms with E-state index in [2.05, 4.69) is 63.6 Å². The van der Waals surface area contributed by atoms with Crippen molar-refractivity contribution in [1.29, 1.82) is 0 Å². The molecule has 1 amide bonds. The standard InChI is InChI=1S/C27H31N3O3/c1-32-25-10-4-7-22(15-25)18-30(19-23-8-5-11-26(16-23)33-2)24-9-3-6-21(14-24)17-29-13-12-28-27(31)20-29/h3-11,14-16H,12-13,17-20H2,1-2H3,(H,28,31). The van der Waals surface area contributed by atoms with Crippen LogP contribution >= 0.6 is 0 Å². The van der Waals surface area contributed by atoms with Crippen molar-refractivity contribution in [1.82, 2.24) is 10.2 Å². The summed E-state index contributed by atoms with van der Waals surface area (Å²) >= 11 is 0. The third-order valence-electron chi connectivity index (χ3n) is 5.81. The first kappa shape index (κ1) is 22.7. The van der Waals surface area contributed by atoms with Crippen molar-refractivity contribution in [3.8, 4) is 11.5 Å². The predicted octanol–water partition coefficient (Wildman–Crippen LogP) is 3.84. The van der Waals surface area contributed by atoms with E-state index in [1.165, 1.54) is 16.7 Å². The summed E-state index contributed by atoms with van der Waals surface area (Å²) in [7, 11) is 3.38. The van der Waals surface area contributed by atoms with Gasteiger partial charge in [-0.25, -0.2) is 0 Å². The third kappa shape index (κ3) is 6.26. The number of amides is 1. The van der Waals surface area contributed by atoms with E-state index in [0.717, 1.165) is 43.4 Å². The Balaban J connectivity index is 1.59. The third-order valence-corrected chi connectivity index (χ3v) is 5.81. The molecule has 4 rings (SSSR count). The second-order valence-corrected chi connectivity index (χ2v) is 8.29. The molecule has 6 nitrogen and oxygen atoms in total. The number of rotatable bonds is 9. The van der Waals surface area contributed by atoms with Crippen LogP contribution in [0.15, 0.2) is 72.8 Å². The van der Waals surface area contributed by atoms with Gasteiger partial charge in [-0.05, 0) is 53.1 Å². The van der Waals surface area contributed by atoms with Crippen LogP contribution < -0.4 is 19.7 Å². The van der Waals surface area contributed by atoms with Gasteiger partial charge in [-0.15, -0.1) is 0 Å². The molecular weight excluding hydrogens is 414 g/mol. The molecule has 3 aromatic carbocycles. The first-order valence-corrected chi connectivity index (χ1v) is 11.2. The molecule has 172 valence electrons. The molecule has 0 atom stereocenters. The minimum absolute atomic E-state index is 0.0927. The Labute approximate surface area is 195 Å². The Bertz CT molecular complexity index is 1040. The molecule has 0 saturated carbocycles. The highest BCUT2D eigenvalue weighted by Gasteiger charge is 2.17. The van der Waals surface area contributed by atoms with Crippen molar-refractivity contribution in [3.05, 3.63) is 89.5 Å². The lowest BCUT2D eigenvalue weighted by Gasteiger charge is -2.28. The maximum Gasteiger partial charge on any atom is 0.234 e. The zero-order chi connectivity index (χ0) is 23.0. The number of piperazine rings is 1. The molecule has 3 aromatic rings. The average Bonchev–Trinajstić information content (AvgIpc) is 2.84. The van der Waals surface area contributed by atoms with E-state index in [9.17, 15) is 4.79 Å². The van der Waals surface area contributed by atoms with Gasteiger partial charge in [0.25, 0.3) is 0 Å². The predicted molar refractivity (Wildman–Crippen MR) is 131 cm³/mol. The van der Waals surface area contributed by atoms with E-state index < -0.39 is 0 Å². The van der Waals surface area contributed by atoms with Gasteiger partial charge in [-0.1, -0.05) is 36.4 Å². The number of hydrogen-bond acceptors (Lipinski definition) is 5. The summed E-state index contributed by atoms with van der Waals surface area (Å²) in [6.07, 6.45) is 0. The van der Waals surface area contributed by atoms with E-state index in [4.69, 9.17) is 9.47 Å². The summed E-state index contributed by atoms with van der Waals surface area (Å²) in [5.41, 5.74) is 4.69. The molecule has 1 heterocycles. The summed E-state index contributed by atoms with van der Waals surface area (Å²) < 4.78 is 10.9. The second-order valence-electron chi connectivity index (χ2n) is 8.29. The van der Waals surface area contributed by atoms with Gasteiger partial charge in [0, 0.05) is 38.4 Å². The average molecular weight is 446 g/mol. The molecule has 1 fully saturated rings. The normalized spacial score (nSPS) is 13.9. The molecule has 0 spiro atoms. The number of nitrogens with one attached hydrogen (secondary N) is 1. The summed E-state index contributed by atoms with van der Waals surface area (Å²) in [5, 5.41) is 2.89. The zero-order valence-corrected chi connectivity index (χ0v) is 19.3. The molecule has 1 N–H and O–H groups in total. The largest absolute Gasteiger partial charge is 0.497 e. The van der Waals surface area contributed by atoms with Crippen molar-refractivity contribution < 1.29 is 14.3 Å². The molecule has 0 aliphatic carbocycles. The van der Waals surface area contributed by atoms with Gasteiger partial charge in [0.1, 0.15) is 11.5 Å². The number of carbonyl (C=O) groups excluding carboxylic acids is 1. The molecule has 1 aliphatic rings. The van der Waals surface area contributed by atoms with Gasteiger partial charge < -0.3 is 19.7 Å². The Hall–Kier alpha value is -3.51. The quantitative estimate of drug-likeness (QED) is 0.542. The monoisotopic (exact) mass is 445 g/mol. The first-order chi connectivity index (χ1) is 16.1. The number of nitrogens with zero attached hydrogens (tertiary/aromatic N) is 2. The summed E-state index contributed by atoms with van der Waals surface area (Å²) in [4.78, 5) is 16.3. The Morgan fingerprint density at radius 2 is 1.45 bits per heavy atom. The van der Waals surface area contributed by atoms with Crippen molar-refractivity contribution in [2.75, 3.05) is 38.8 Å². The fourth-order valence-corrected chi connectivity index (χ4v) is 4.16. The van der Waals surface area contributed by atoms with E-state index in [1.54, 1.807) is 14.2 Å². The molecule has 0 radical (unpaired) electrons. The Morgan fingerprint density at radius 3 is 2.06 bits per heavy atom. The highest BCUT2D eigenvalue weighted by molar-refractivity contribution is 5.78. The van der Waals surface area contributed by atoms with Crippen LogP contribution in [0.1, 0.15) is 16.7 Å². The van der Waals surface area contributed by atoms with Crippen LogP contribution in [0.5, 0.6) is 11.5 Å². The van der Waals surface area contributed by atoms with E-state index in [1.807, 2.05) is 24.3 Å². The summed E-state index contributed by atoms with van der Waals surface area (Å²) in [5.74, 6) is 1.80. The van der Waals surface area contributed by atoms with Crippen molar-refractivity contribution in [3.63, 3.8) is 0 Å². The molecular formula is C27H31N3O3. The van der Waals surface area contributed by atoms with Gasteiger partial charge in [0.2, 0.25) is 5.91 Å². The molecule has 1 aliphatic heterocycles. The van der Waals surface area contributed by atoms with E-state index in [-0.39, 0.29) is 5.91 Å². The lowest BCUT2D eigenvalue weighted by Crippen LogP contribution is -2.47. The highest BCUT2D eigenvalue weighted by Crippen LogP contribution is 2.25. The van der Waals surface area contributed by atoms with Crippen LogP contribution in [0.3, 0.4) is 0 Å².